The third-order valence-corrected chi connectivity index (χ3v) is 5.85. The lowest BCUT2D eigenvalue weighted by atomic mass is 10.1. The summed E-state index contributed by atoms with van der Waals surface area (Å²) in [6.45, 7) is 2.56. The fraction of sp³-hybridized carbons (Fsp3) is 0.238. The molecule has 0 spiro atoms. The smallest absolute Gasteiger partial charge is 0.253 e. The van der Waals surface area contributed by atoms with Crippen LogP contribution in [0.15, 0.2) is 42.5 Å². The van der Waals surface area contributed by atoms with Crippen LogP contribution >= 0.6 is 11.3 Å². The molecule has 1 atom stereocenters. The monoisotopic (exact) mass is 398 g/mol. The first-order valence-corrected chi connectivity index (χ1v) is 9.82. The maximum atomic E-state index is 13.8. The summed E-state index contributed by atoms with van der Waals surface area (Å²) in [6.07, 6.45) is 0.586. The molecule has 3 aromatic rings. The van der Waals surface area contributed by atoms with Gasteiger partial charge in [-0.3, -0.25) is 9.59 Å². The van der Waals surface area contributed by atoms with Gasteiger partial charge in [-0.25, -0.2) is 4.39 Å². The SMILES string of the molecule is Cc1sc2ccc(OCc3ccccc3F)cc2c1C(=O)NC1CCNC1=O. The fourth-order valence-corrected chi connectivity index (χ4v) is 4.35. The van der Waals surface area contributed by atoms with E-state index in [9.17, 15) is 14.0 Å². The van der Waals surface area contributed by atoms with Crippen LogP contribution in [0.2, 0.25) is 0 Å². The molecule has 1 aliphatic heterocycles. The van der Waals surface area contributed by atoms with Gasteiger partial charge >= 0.3 is 0 Å². The maximum Gasteiger partial charge on any atom is 0.253 e. The minimum absolute atomic E-state index is 0.102. The Kier molecular flexibility index (Phi) is 5.00. The Morgan fingerprint density at radius 1 is 1.32 bits per heavy atom. The zero-order valence-corrected chi connectivity index (χ0v) is 16.1. The number of thiophene rings is 1. The quantitative estimate of drug-likeness (QED) is 0.691. The van der Waals surface area contributed by atoms with Crippen molar-refractivity contribution in [2.45, 2.75) is 26.0 Å². The van der Waals surface area contributed by atoms with E-state index in [0.717, 1.165) is 15.0 Å². The molecule has 0 saturated carbocycles. The van der Waals surface area contributed by atoms with Gasteiger partial charge in [0.2, 0.25) is 5.91 Å². The molecule has 0 bridgehead atoms. The molecule has 0 aliphatic carbocycles. The molecule has 1 aliphatic rings. The van der Waals surface area contributed by atoms with Crippen molar-refractivity contribution in [3.63, 3.8) is 0 Å². The number of amides is 2. The molecule has 5 nitrogen and oxygen atoms in total. The number of ether oxygens (including phenoxy) is 1. The first kappa shape index (κ1) is 18.4. The molecule has 4 rings (SSSR count). The van der Waals surface area contributed by atoms with Gasteiger partial charge in [0.05, 0.1) is 5.56 Å². The predicted octanol–water partition coefficient (Wildman–Crippen LogP) is 3.55. The molecular weight excluding hydrogens is 379 g/mol. The lowest BCUT2D eigenvalue weighted by Gasteiger charge is -2.11. The number of hydrogen-bond donors (Lipinski definition) is 2. The fourth-order valence-electron chi connectivity index (χ4n) is 3.31. The lowest BCUT2D eigenvalue weighted by Crippen LogP contribution is -2.40. The number of fused-ring (bicyclic) bond motifs is 1. The van der Waals surface area contributed by atoms with Crippen LogP contribution in [-0.2, 0) is 11.4 Å². The van der Waals surface area contributed by atoms with Gasteiger partial charge in [-0.1, -0.05) is 18.2 Å². The van der Waals surface area contributed by atoms with Crippen LogP contribution in [0, 0.1) is 12.7 Å². The number of carbonyl (C=O) groups excluding carboxylic acids is 2. The van der Waals surface area contributed by atoms with Gasteiger partial charge in [-0.15, -0.1) is 11.3 Å². The third-order valence-electron chi connectivity index (χ3n) is 4.77. The topological polar surface area (TPSA) is 67.4 Å². The van der Waals surface area contributed by atoms with Crippen molar-refractivity contribution in [3.05, 3.63) is 64.3 Å². The summed E-state index contributed by atoms with van der Waals surface area (Å²) >= 11 is 1.51. The molecule has 1 aromatic heterocycles. The molecule has 2 N–H and O–H groups in total. The second-order valence-electron chi connectivity index (χ2n) is 6.68. The minimum Gasteiger partial charge on any atom is -0.489 e. The Bertz CT molecular complexity index is 1060. The average molecular weight is 398 g/mol. The molecule has 1 fully saturated rings. The Morgan fingerprint density at radius 2 is 2.14 bits per heavy atom. The molecule has 7 heteroatoms. The van der Waals surface area contributed by atoms with Gasteiger partial charge in [0, 0.05) is 27.1 Å². The van der Waals surface area contributed by atoms with Crippen molar-refractivity contribution in [2.75, 3.05) is 6.54 Å². The Hall–Kier alpha value is -2.93. The average Bonchev–Trinajstić information content (AvgIpc) is 3.22. The molecule has 0 radical (unpaired) electrons. The van der Waals surface area contributed by atoms with Crippen molar-refractivity contribution < 1.29 is 18.7 Å². The van der Waals surface area contributed by atoms with Crippen molar-refractivity contribution >= 4 is 33.2 Å². The molecule has 144 valence electrons. The van der Waals surface area contributed by atoms with E-state index in [1.54, 1.807) is 24.3 Å². The highest BCUT2D eigenvalue weighted by molar-refractivity contribution is 7.19. The number of nitrogens with one attached hydrogen (secondary N) is 2. The second kappa shape index (κ2) is 7.59. The van der Waals surface area contributed by atoms with Crippen LogP contribution in [0.5, 0.6) is 5.75 Å². The summed E-state index contributed by atoms with van der Waals surface area (Å²) in [5, 5.41) is 6.30. The van der Waals surface area contributed by atoms with Gasteiger partial charge in [0.15, 0.2) is 0 Å². The molecule has 2 heterocycles. The van der Waals surface area contributed by atoms with Gasteiger partial charge in [0.1, 0.15) is 24.2 Å². The maximum absolute atomic E-state index is 13.8. The van der Waals surface area contributed by atoms with Gasteiger partial charge < -0.3 is 15.4 Å². The highest BCUT2D eigenvalue weighted by atomic mass is 32.1. The van der Waals surface area contributed by atoms with Gasteiger partial charge in [-0.05, 0) is 37.6 Å². The zero-order chi connectivity index (χ0) is 19.7. The van der Waals surface area contributed by atoms with Gasteiger partial charge in [0.25, 0.3) is 5.91 Å². The Labute approximate surface area is 165 Å². The largest absolute Gasteiger partial charge is 0.489 e. The van der Waals surface area contributed by atoms with Crippen molar-refractivity contribution in [2.24, 2.45) is 0 Å². The van der Waals surface area contributed by atoms with Crippen LogP contribution < -0.4 is 15.4 Å². The van der Waals surface area contributed by atoms with Crippen LogP contribution in [0.25, 0.3) is 10.1 Å². The minimum atomic E-state index is -0.498. The van der Waals surface area contributed by atoms with E-state index in [1.165, 1.54) is 17.4 Å². The zero-order valence-electron chi connectivity index (χ0n) is 15.3. The first-order valence-electron chi connectivity index (χ1n) is 9.01. The number of benzene rings is 2. The highest BCUT2D eigenvalue weighted by Gasteiger charge is 2.27. The molecule has 2 aromatic carbocycles. The van der Waals surface area contributed by atoms with E-state index in [2.05, 4.69) is 10.6 Å². The first-order chi connectivity index (χ1) is 13.5. The van der Waals surface area contributed by atoms with Crippen molar-refractivity contribution in [3.8, 4) is 5.75 Å². The number of carbonyl (C=O) groups is 2. The van der Waals surface area contributed by atoms with E-state index in [-0.39, 0.29) is 24.2 Å². The number of aryl methyl sites for hydroxylation is 1. The summed E-state index contributed by atoms with van der Waals surface area (Å²) < 4.78 is 20.5. The molecule has 1 saturated heterocycles. The molecular formula is C21H19FN2O3S. The Morgan fingerprint density at radius 3 is 2.89 bits per heavy atom. The van der Waals surface area contributed by atoms with E-state index in [4.69, 9.17) is 4.74 Å². The van der Waals surface area contributed by atoms with Crippen LogP contribution in [0.4, 0.5) is 4.39 Å². The summed E-state index contributed by atoms with van der Waals surface area (Å²) in [6, 6.07) is 11.5. The Balaban J connectivity index is 1.58. The van der Waals surface area contributed by atoms with Gasteiger partial charge in [-0.2, -0.15) is 0 Å². The van der Waals surface area contributed by atoms with Crippen molar-refractivity contribution in [1.82, 2.24) is 10.6 Å². The predicted molar refractivity (Wildman–Crippen MR) is 106 cm³/mol. The number of hydrogen-bond acceptors (Lipinski definition) is 4. The molecule has 28 heavy (non-hydrogen) atoms. The molecule has 1 unspecified atom stereocenters. The van der Waals surface area contributed by atoms with E-state index in [0.29, 0.717) is 29.8 Å². The summed E-state index contributed by atoms with van der Waals surface area (Å²) in [4.78, 5) is 25.4. The summed E-state index contributed by atoms with van der Waals surface area (Å²) in [7, 11) is 0. The van der Waals surface area contributed by atoms with Crippen LogP contribution in [0.3, 0.4) is 0 Å². The van der Waals surface area contributed by atoms with E-state index < -0.39 is 6.04 Å². The number of halogens is 1. The standard InChI is InChI=1S/C21H19FN2O3S/c1-12-19(21(26)24-17-8-9-23-20(17)25)15-10-14(6-7-18(15)28-12)27-11-13-4-2-3-5-16(13)22/h2-7,10,17H,8-9,11H2,1H3,(H,23,25)(H,24,26). The summed E-state index contributed by atoms with van der Waals surface area (Å²) in [5.74, 6) is -0.178. The van der Waals surface area contributed by atoms with Crippen molar-refractivity contribution in [1.29, 1.82) is 0 Å². The highest BCUT2D eigenvalue weighted by Crippen LogP contribution is 2.34. The van der Waals surface area contributed by atoms with E-state index in [1.807, 2.05) is 19.1 Å². The third kappa shape index (κ3) is 3.57. The second-order valence-corrected chi connectivity index (χ2v) is 7.93. The normalized spacial score (nSPS) is 16.2. The number of rotatable bonds is 5. The lowest BCUT2D eigenvalue weighted by molar-refractivity contribution is -0.120. The molecule has 2 amide bonds. The summed E-state index contributed by atoms with van der Waals surface area (Å²) in [5.41, 5.74) is 1.02. The van der Waals surface area contributed by atoms with Crippen LogP contribution in [-0.4, -0.2) is 24.4 Å². The van der Waals surface area contributed by atoms with E-state index >= 15 is 0 Å². The van der Waals surface area contributed by atoms with Crippen LogP contribution in [0.1, 0.15) is 27.2 Å².